The molecule has 152 valence electrons. The Kier molecular flexibility index (Phi) is 5.93. The van der Waals surface area contributed by atoms with Gasteiger partial charge >= 0.3 is 0 Å². The molecule has 9 heteroatoms. The summed E-state index contributed by atoms with van der Waals surface area (Å²) in [5.74, 6) is 0.392. The van der Waals surface area contributed by atoms with Crippen molar-refractivity contribution in [3.8, 4) is 0 Å². The number of benzene rings is 2. The van der Waals surface area contributed by atoms with Crippen LogP contribution in [-0.2, 0) is 0 Å². The highest BCUT2D eigenvalue weighted by Crippen LogP contribution is 2.16. The number of nitro groups is 1. The number of carbonyl (C=O) groups is 1. The number of nitro benzene ring substituents is 1. The molecular weight excluding hydrogens is 394 g/mol. The average Bonchev–Trinajstić information content (AvgIpc) is 2.72. The molecule has 0 spiro atoms. The van der Waals surface area contributed by atoms with E-state index in [0.717, 1.165) is 0 Å². The number of halogens is 1. The van der Waals surface area contributed by atoms with Gasteiger partial charge in [-0.05, 0) is 25.1 Å². The molecule has 1 fully saturated rings. The van der Waals surface area contributed by atoms with Gasteiger partial charge in [0.2, 0.25) is 0 Å². The molecule has 2 aromatic rings. The van der Waals surface area contributed by atoms with Crippen molar-refractivity contribution in [2.24, 2.45) is 11.5 Å². The molecule has 8 nitrogen and oxygen atoms in total. The minimum atomic E-state index is -0.514. The van der Waals surface area contributed by atoms with Gasteiger partial charge in [0.05, 0.1) is 4.92 Å². The molecule has 1 atom stereocenters. The lowest BCUT2D eigenvalue weighted by Gasteiger charge is -2.41. The first-order valence-electron chi connectivity index (χ1n) is 9.10. The number of amides is 1. The van der Waals surface area contributed by atoms with Gasteiger partial charge in [-0.15, -0.1) is 0 Å². The van der Waals surface area contributed by atoms with Crippen LogP contribution in [-0.4, -0.2) is 46.3 Å². The molecular formula is C20H22ClN5O3. The normalized spacial score (nSPS) is 18.9. The third-order valence-corrected chi connectivity index (χ3v) is 5.20. The first-order valence-corrected chi connectivity index (χ1v) is 9.48. The second kappa shape index (κ2) is 8.40. The van der Waals surface area contributed by atoms with Crippen LogP contribution in [0.4, 0.5) is 5.69 Å². The SMILES string of the molecule is C[C@@H]1CN(C(=O)c2ccccc2)CCN1/C(N)=c1\ccc([N+](=O)[O-])c\c1=C(\N)Cl. The summed E-state index contributed by atoms with van der Waals surface area (Å²) < 4.78 is 0. The fraction of sp³-hybridized carbons (Fsp3) is 0.250. The van der Waals surface area contributed by atoms with Crippen LogP contribution < -0.4 is 21.9 Å². The second-order valence-corrected chi connectivity index (χ2v) is 7.29. The number of piperazine rings is 1. The zero-order chi connectivity index (χ0) is 21.1. The summed E-state index contributed by atoms with van der Waals surface area (Å²) in [5, 5.41) is 11.8. The van der Waals surface area contributed by atoms with Crippen LogP contribution in [0.3, 0.4) is 0 Å². The molecule has 1 amide bonds. The fourth-order valence-electron chi connectivity index (χ4n) is 3.48. The fourth-order valence-corrected chi connectivity index (χ4v) is 3.64. The van der Waals surface area contributed by atoms with Gasteiger partial charge in [0.15, 0.2) is 0 Å². The quantitative estimate of drug-likeness (QED) is 0.433. The van der Waals surface area contributed by atoms with E-state index in [1.807, 2.05) is 30.0 Å². The van der Waals surface area contributed by atoms with Crippen LogP contribution in [0.5, 0.6) is 0 Å². The molecule has 1 aliphatic rings. The van der Waals surface area contributed by atoms with Crippen molar-refractivity contribution in [2.75, 3.05) is 19.6 Å². The van der Waals surface area contributed by atoms with Crippen molar-refractivity contribution < 1.29 is 9.72 Å². The Balaban J connectivity index is 1.90. The van der Waals surface area contributed by atoms with Crippen LogP contribution in [0.25, 0.3) is 11.0 Å². The lowest BCUT2D eigenvalue weighted by molar-refractivity contribution is -0.385. The molecule has 29 heavy (non-hydrogen) atoms. The largest absolute Gasteiger partial charge is 0.389 e. The Morgan fingerprint density at radius 1 is 1.14 bits per heavy atom. The van der Waals surface area contributed by atoms with E-state index in [0.29, 0.717) is 41.5 Å². The average molecular weight is 416 g/mol. The van der Waals surface area contributed by atoms with Gasteiger partial charge in [0.25, 0.3) is 11.6 Å². The molecule has 2 aromatic carbocycles. The first-order chi connectivity index (χ1) is 13.8. The number of nitrogens with zero attached hydrogens (tertiary/aromatic N) is 3. The van der Waals surface area contributed by atoms with E-state index in [9.17, 15) is 14.9 Å². The van der Waals surface area contributed by atoms with Crippen LogP contribution >= 0.6 is 11.6 Å². The lowest BCUT2D eigenvalue weighted by Crippen LogP contribution is -2.55. The van der Waals surface area contributed by atoms with Gasteiger partial charge in [0.1, 0.15) is 11.0 Å². The molecule has 3 rings (SSSR count). The Morgan fingerprint density at radius 3 is 2.41 bits per heavy atom. The third-order valence-electron chi connectivity index (χ3n) is 4.99. The number of non-ortho nitro benzene ring substituents is 1. The molecule has 1 heterocycles. The minimum Gasteiger partial charge on any atom is -0.389 e. The van der Waals surface area contributed by atoms with Crippen molar-refractivity contribution >= 4 is 34.2 Å². The van der Waals surface area contributed by atoms with Gasteiger partial charge < -0.3 is 21.3 Å². The third kappa shape index (κ3) is 4.27. The summed E-state index contributed by atoms with van der Waals surface area (Å²) in [7, 11) is 0. The van der Waals surface area contributed by atoms with Crippen molar-refractivity contribution in [3.63, 3.8) is 0 Å². The molecule has 0 bridgehead atoms. The zero-order valence-electron chi connectivity index (χ0n) is 15.9. The van der Waals surface area contributed by atoms with E-state index < -0.39 is 4.92 Å². The van der Waals surface area contributed by atoms with E-state index in [1.165, 1.54) is 12.1 Å². The summed E-state index contributed by atoms with van der Waals surface area (Å²) in [4.78, 5) is 27.0. The molecule has 0 saturated carbocycles. The Bertz CT molecular complexity index is 1050. The van der Waals surface area contributed by atoms with Crippen LogP contribution in [0.2, 0.25) is 0 Å². The van der Waals surface area contributed by atoms with E-state index in [1.54, 1.807) is 23.1 Å². The summed E-state index contributed by atoms with van der Waals surface area (Å²) >= 11 is 5.97. The van der Waals surface area contributed by atoms with Gasteiger partial charge in [-0.25, -0.2) is 0 Å². The van der Waals surface area contributed by atoms with Gasteiger partial charge in [-0.3, -0.25) is 14.9 Å². The second-order valence-electron chi connectivity index (χ2n) is 6.88. The highest BCUT2D eigenvalue weighted by molar-refractivity contribution is 6.44. The van der Waals surface area contributed by atoms with Crippen molar-refractivity contribution in [2.45, 2.75) is 13.0 Å². The van der Waals surface area contributed by atoms with E-state index in [-0.39, 0.29) is 22.8 Å². The topological polar surface area (TPSA) is 119 Å². The number of hydrogen-bond donors (Lipinski definition) is 2. The maximum absolute atomic E-state index is 12.7. The van der Waals surface area contributed by atoms with E-state index in [2.05, 4.69) is 0 Å². The molecule has 0 unspecified atom stereocenters. The van der Waals surface area contributed by atoms with Crippen LogP contribution in [0.1, 0.15) is 17.3 Å². The highest BCUT2D eigenvalue weighted by atomic mass is 35.5. The maximum atomic E-state index is 12.7. The van der Waals surface area contributed by atoms with Gasteiger partial charge in [-0.2, -0.15) is 0 Å². The molecule has 0 radical (unpaired) electrons. The summed E-state index contributed by atoms with van der Waals surface area (Å²) in [6, 6.07) is 13.3. The number of nitrogens with two attached hydrogens (primary N) is 2. The van der Waals surface area contributed by atoms with E-state index in [4.69, 9.17) is 23.1 Å². The highest BCUT2D eigenvalue weighted by Gasteiger charge is 2.28. The summed E-state index contributed by atoms with van der Waals surface area (Å²) in [6.07, 6.45) is 0. The number of carbonyl (C=O) groups excluding carboxylic acids is 1. The Hall–Kier alpha value is -3.26. The minimum absolute atomic E-state index is 0.0231. The Labute approximate surface area is 172 Å². The molecule has 0 aliphatic carbocycles. The van der Waals surface area contributed by atoms with Crippen molar-refractivity contribution in [1.29, 1.82) is 0 Å². The maximum Gasteiger partial charge on any atom is 0.270 e. The molecule has 1 aliphatic heterocycles. The predicted octanol–water partition coefficient (Wildman–Crippen LogP) is 0.729. The lowest BCUT2D eigenvalue weighted by atomic mass is 10.1. The molecule has 0 aromatic heterocycles. The van der Waals surface area contributed by atoms with Crippen LogP contribution in [0.15, 0.2) is 48.5 Å². The predicted molar refractivity (Wildman–Crippen MR) is 112 cm³/mol. The van der Waals surface area contributed by atoms with Crippen LogP contribution in [0, 0.1) is 10.1 Å². The first kappa shape index (κ1) is 20.5. The summed E-state index contributed by atoms with van der Waals surface area (Å²) in [5.41, 5.74) is 12.7. The smallest absolute Gasteiger partial charge is 0.270 e. The standard InChI is InChI=1S/C20H22ClN5O3/c1-13-12-24(20(27)14-5-3-2-4-6-14)9-10-25(13)19(23)16-8-7-15(26(28)29)11-17(16)18(21)22/h2-8,11,13H,9-10,12,22-23H2,1H3/b18-17-,19-16+/t13-/m1/s1. The van der Waals surface area contributed by atoms with Crippen molar-refractivity contribution in [1.82, 2.24) is 9.80 Å². The molecule has 1 saturated heterocycles. The Morgan fingerprint density at radius 2 is 1.83 bits per heavy atom. The number of rotatable bonds is 3. The van der Waals surface area contributed by atoms with Gasteiger partial charge in [-0.1, -0.05) is 29.8 Å². The van der Waals surface area contributed by atoms with Gasteiger partial charge in [0, 0.05) is 53.8 Å². The molecule has 4 N–H and O–H groups in total. The zero-order valence-corrected chi connectivity index (χ0v) is 16.7. The van der Waals surface area contributed by atoms with E-state index >= 15 is 0 Å². The monoisotopic (exact) mass is 415 g/mol. The summed E-state index contributed by atoms with van der Waals surface area (Å²) in [6.45, 7) is 3.48. The number of hydrogen-bond acceptors (Lipinski definition) is 6. The van der Waals surface area contributed by atoms with Crippen molar-refractivity contribution in [3.05, 3.63) is 74.6 Å².